The van der Waals surface area contributed by atoms with Gasteiger partial charge in [0.1, 0.15) is 0 Å². The number of ether oxygens (including phenoxy) is 2. The maximum atomic E-state index is 12.2. The van der Waals surface area contributed by atoms with E-state index in [1.165, 1.54) is 0 Å². The van der Waals surface area contributed by atoms with E-state index in [4.69, 9.17) is 32.7 Å². The van der Waals surface area contributed by atoms with Crippen molar-refractivity contribution in [2.75, 3.05) is 53.6 Å². The SMILES string of the molecule is CN=C(NCCNC(=O)c1ccc(Cl)c(Cl)c1)N1CCC(OCCCOC)CC1. The molecule has 2 N–H and O–H groups in total. The molecule has 29 heavy (non-hydrogen) atoms. The van der Waals surface area contributed by atoms with Gasteiger partial charge < -0.3 is 25.0 Å². The lowest BCUT2D eigenvalue weighted by atomic mass is 10.1. The minimum Gasteiger partial charge on any atom is -0.385 e. The standard InChI is InChI=1S/C20H30Cl2N4O3/c1-23-20(26-10-6-16(7-11-26)29-13-3-12-28-2)25-9-8-24-19(27)15-4-5-17(21)18(22)14-15/h4-5,14,16H,3,6-13H2,1-2H3,(H,23,25)(H,24,27). The van der Waals surface area contributed by atoms with Crippen molar-refractivity contribution < 1.29 is 14.3 Å². The van der Waals surface area contributed by atoms with E-state index < -0.39 is 0 Å². The third kappa shape index (κ3) is 8.01. The highest BCUT2D eigenvalue weighted by Crippen LogP contribution is 2.22. The van der Waals surface area contributed by atoms with Crippen LogP contribution in [0.25, 0.3) is 0 Å². The summed E-state index contributed by atoms with van der Waals surface area (Å²) in [7, 11) is 3.47. The van der Waals surface area contributed by atoms with Gasteiger partial charge in [-0.15, -0.1) is 0 Å². The number of hydrogen-bond acceptors (Lipinski definition) is 4. The molecule has 0 bridgehead atoms. The molecule has 1 aromatic carbocycles. The monoisotopic (exact) mass is 444 g/mol. The van der Waals surface area contributed by atoms with Gasteiger partial charge in [0, 0.05) is 59.1 Å². The molecule has 0 aliphatic carbocycles. The molecule has 0 unspecified atom stereocenters. The number of benzene rings is 1. The summed E-state index contributed by atoms with van der Waals surface area (Å²) in [5.41, 5.74) is 0.483. The number of aliphatic imine (C=N–C) groups is 1. The van der Waals surface area contributed by atoms with Crippen LogP contribution in [0.1, 0.15) is 29.6 Å². The van der Waals surface area contributed by atoms with E-state index >= 15 is 0 Å². The number of guanidine groups is 1. The summed E-state index contributed by atoms with van der Waals surface area (Å²) in [6.07, 6.45) is 3.17. The highest BCUT2D eigenvalue weighted by Gasteiger charge is 2.21. The first-order valence-corrected chi connectivity index (χ1v) is 10.6. The average molecular weight is 445 g/mol. The number of hydrogen-bond donors (Lipinski definition) is 2. The van der Waals surface area contributed by atoms with Crippen LogP contribution < -0.4 is 10.6 Å². The van der Waals surface area contributed by atoms with Crippen LogP contribution in [0, 0.1) is 0 Å². The average Bonchev–Trinajstić information content (AvgIpc) is 2.74. The number of halogens is 2. The second kappa shape index (κ2) is 12.9. The normalized spacial score (nSPS) is 15.4. The number of methoxy groups -OCH3 is 1. The Morgan fingerprint density at radius 1 is 1.17 bits per heavy atom. The van der Waals surface area contributed by atoms with Crippen molar-refractivity contribution >= 4 is 35.1 Å². The summed E-state index contributed by atoms with van der Waals surface area (Å²) in [4.78, 5) is 18.8. The second-order valence-corrected chi connectivity index (χ2v) is 7.58. The molecule has 0 atom stereocenters. The summed E-state index contributed by atoms with van der Waals surface area (Å²) in [5.74, 6) is 0.651. The third-order valence-corrected chi connectivity index (χ3v) is 5.41. The predicted molar refractivity (Wildman–Crippen MR) is 117 cm³/mol. The molecule has 0 radical (unpaired) electrons. The van der Waals surface area contributed by atoms with Crippen molar-refractivity contribution in [1.29, 1.82) is 0 Å². The topological polar surface area (TPSA) is 75.2 Å². The first-order valence-electron chi connectivity index (χ1n) is 9.84. The van der Waals surface area contributed by atoms with Gasteiger partial charge in [-0.1, -0.05) is 23.2 Å². The number of nitrogens with zero attached hydrogens (tertiary/aromatic N) is 2. The number of likely N-dealkylation sites (tertiary alicyclic amines) is 1. The van der Waals surface area contributed by atoms with Crippen molar-refractivity contribution in [3.8, 4) is 0 Å². The third-order valence-electron chi connectivity index (χ3n) is 4.68. The molecule has 2 rings (SSSR count). The molecule has 0 saturated carbocycles. The first-order chi connectivity index (χ1) is 14.0. The molecular formula is C20H30Cl2N4O3. The molecule has 1 aliphatic heterocycles. The first kappa shape index (κ1) is 23.7. The van der Waals surface area contributed by atoms with Crippen LogP contribution in [0.3, 0.4) is 0 Å². The van der Waals surface area contributed by atoms with E-state index in [0.29, 0.717) is 34.8 Å². The Kier molecular flexibility index (Phi) is 10.6. The van der Waals surface area contributed by atoms with E-state index in [1.54, 1.807) is 32.4 Å². The quantitative estimate of drug-likeness (QED) is 0.348. The fraction of sp³-hybridized carbons (Fsp3) is 0.600. The minimum atomic E-state index is -0.188. The Morgan fingerprint density at radius 2 is 1.90 bits per heavy atom. The number of carbonyl (C=O) groups excluding carboxylic acids is 1. The van der Waals surface area contributed by atoms with Gasteiger partial charge in [-0.05, 0) is 37.5 Å². The zero-order valence-corrected chi connectivity index (χ0v) is 18.6. The van der Waals surface area contributed by atoms with Crippen LogP contribution in [0.2, 0.25) is 10.0 Å². The van der Waals surface area contributed by atoms with Gasteiger partial charge in [-0.3, -0.25) is 9.79 Å². The number of carbonyl (C=O) groups is 1. The zero-order valence-electron chi connectivity index (χ0n) is 17.0. The molecule has 1 heterocycles. The van der Waals surface area contributed by atoms with E-state index in [-0.39, 0.29) is 5.91 Å². The van der Waals surface area contributed by atoms with Crippen molar-refractivity contribution in [3.63, 3.8) is 0 Å². The molecule has 1 saturated heterocycles. The maximum absolute atomic E-state index is 12.2. The van der Waals surface area contributed by atoms with Gasteiger partial charge in [0.2, 0.25) is 0 Å². The van der Waals surface area contributed by atoms with E-state index in [1.807, 2.05) is 0 Å². The molecule has 1 aliphatic rings. The fourth-order valence-corrected chi connectivity index (χ4v) is 3.41. The lowest BCUT2D eigenvalue weighted by Gasteiger charge is -2.34. The van der Waals surface area contributed by atoms with Crippen LogP contribution in [0.15, 0.2) is 23.2 Å². The molecule has 0 spiro atoms. The Balaban J connectivity index is 1.66. The summed E-state index contributed by atoms with van der Waals surface area (Å²) in [6.45, 7) is 4.31. The van der Waals surface area contributed by atoms with Crippen molar-refractivity contribution in [2.24, 2.45) is 4.99 Å². The number of nitrogens with one attached hydrogen (secondary N) is 2. The number of amides is 1. The van der Waals surface area contributed by atoms with Crippen LogP contribution in [-0.2, 0) is 9.47 Å². The predicted octanol–water partition coefficient (Wildman–Crippen LogP) is 2.82. The van der Waals surface area contributed by atoms with Crippen LogP contribution in [0.4, 0.5) is 0 Å². The summed E-state index contributed by atoms with van der Waals surface area (Å²) in [6, 6.07) is 4.83. The molecular weight excluding hydrogens is 415 g/mol. The van der Waals surface area contributed by atoms with E-state index in [9.17, 15) is 4.79 Å². The molecule has 7 nitrogen and oxygen atoms in total. The van der Waals surface area contributed by atoms with Crippen molar-refractivity contribution in [3.05, 3.63) is 33.8 Å². The maximum Gasteiger partial charge on any atom is 0.251 e. The van der Waals surface area contributed by atoms with Crippen LogP contribution in [0.5, 0.6) is 0 Å². The lowest BCUT2D eigenvalue weighted by molar-refractivity contribution is 0.00991. The Labute approximate surface area is 182 Å². The summed E-state index contributed by atoms with van der Waals surface area (Å²) >= 11 is 11.8. The Morgan fingerprint density at radius 3 is 2.55 bits per heavy atom. The minimum absolute atomic E-state index is 0.188. The Bertz CT molecular complexity index is 680. The highest BCUT2D eigenvalue weighted by molar-refractivity contribution is 6.42. The van der Waals surface area contributed by atoms with Gasteiger partial charge >= 0.3 is 0 Å². The zero-order chi connectivity index (χ0) is 21.1. The van der Waals surface area contributed by atoms with E-state index in [0.717, 1.165) is 51.5 Å². The molecule has 1 amide bonds. The van der Waals surface area contributed by atoms with Gasteiger partial charge in [0.25, 0.3) is 5.91 Å². The fourth-order valence-electron chi connectivity index (χ4n) is 3.11. The van der Waals surface area contributed by atoms with Crippen molar-refractivity contribution in [1.82, 2.24) is 15.5 Å². The molecule has 1 fully saturated rings. The lowest BCUT2D eigenvalue weighted by Crippen LogP contribution is -2.48. The largest absolute Gasteiger partial charge is 0.385 e. The Hall–Kier alpha value is -1.54. The van der Waals surface area contributed by atoms with E-state index in [2.05, 4.69) is 20.5 Å². The smallest absolute Gasteiger partial charge is 0.251 e. The highest BCUT2D eigenvalue weighted by atomic mass is 35.5. The van der Waals surface area contributed by atoms with Gasteiger partial charge in [0.15, 0.2) is 5.96 Å². The molecule has 0 aromatic heterocycles. The molecule has 162 valence electrons. The van der Waals surface area contributed by atoms with Gasteiger partial charge in [-0.2, -0.15) is 0 Å². The van der Waals surface area contributed by atoms with Crippen molar-refractivity contribution in [2.45, 2.75) is 25.4 Å². The summed E-state index contributed by atoms with van der Waals surface area (Å²) in [5, 5.41) is 6.95. The second-order valence-electron chi connectivity index (χ2n) is 6.76. The molecule has 1 aromatic rings. The van der Waals surface area contributed by atoms with Crippen LogP contribution >= 0.6 is 23.2 Å². The van der Waals surface area contributed by atoms with Gasteiger partial charge in [0.05, 0.1) is 16.1 Å². The number of rotatable bonds is 9. The molecule has 9 heteroatoms. The summed E-state index contributed by atoms with van der Waals surface area (Å²) < 4.78 is 10.9. The number of piperidine rings is 1. The van der Waals surface area contributed by atoms with Crippen LogP contribution in [-0.4, -0.2) is 76.4 Å². The van der Waals surface area contributed by atoms with Gasteiger partial charge in [-0.25, -0.2) is 0 Å².